The van der Waals surface area contributed by atoms with Gasteiger partial charge in [-0.2, -0.15) is 0 Å². The van der Waals surface area contributed by atoms with E-state index in [0.717, 1.165) is 70.0 Å². The quantitative estimate of drug-likeness (QED) is 0.773. The van der Waals surface area contributed by atoms with Gasteiger partial charge >= 0.3 is 6.09 Å². The number of benzene rings is 1. The summed E-state index contributed by atoms with van der Waals surface area (Å²) in [6.07, 6.45) is 4.51. The van der Waals surface area contributed by atoms with E-state index in [1.165, 1.54) is 6.42 Å². The number of carboxylic acid groups (broad SMARTS) is 1. The second kappa shape index (κ2) is 9.16. The van der Waals surface area contributed by atoms with Crippen LogP contribution in [-0.2, 0) is 0 Å². The second-order valence-corrected chi connectivity index (χ2v) is 8.14. The van der Waals surface area contributed by atoms with Gasteiger partial charge in [0.25, 0.3) is 0 Å². The molecule has 1 aromatic carbocycles. The summed E-state index contributed by atoms with van der Waals surface area (Å²) in [7, 11) is 0. The summed E-state index contributed by atoms with van der Waals surface area (Å²) >= 11 is 12.5. The van der Waals surface area contributed by atoms with Gasteiger partial charge in [0.05, 0.1) is 15.7 Å². The van der Waals surface area contributed by atoms with Crippen LogP contribution in [0.5, 0.6) is 0 Å². The molecule has 0 atom stereocenters. The molecule has 0 aromatic heterocycles. The minimum Gasteiger partial charge on any atom is -0.465 e. The molecule has 1 aliphatic heterocycles. The zero-order chi connectivity index (χ0) is 18.5. The summed E-state index contributed by atoms with van der Waals surface area (Å²) in [4.78, 5) is 15.5. The van der Waals surface area contributed by atoms with Gasteiger partial charge in [0, 0.05) is 32.2 Å². The maximum absolute atomic E-state index is 10.7. The van der Waals surface area contributed by atoms with Gasteiger partial charge in [0.15, 0.2) is 0 Å². The van der Waals surface area contributed by atoms with E-state index in [9.17, 15) is 4.79 Å². The van der Waals surface area contributed by atoms with Crippen LogP contribution in [0.1, 0.15) is 32.1 Å². The molecule has 0 radical (unpaired) electrons. The van der Waals surface area contributed by atoms with E-state index in [-0.39, 0.29) is 6.04 Å². The van der Waals surface area contributed by atoms with Gasteiger partial charge in [0.2, 0.25) is 0 Å². The number of piperazine rings is 1. The Kier molecular flexibility index (Phi) is 6.90. The van der Waals surface area contributed by atoms with Gasteiger partial charge in [-0.05, 0) is 56.7 Å². The largest absolute Gasteiger partial charge is 0.465 e. The fraction of sp³-hybridized carbons (Fsp3) is 0.632. The zero-order valence-electron chi connectivity index (χ0n) is 15.0. The fourth-order valence-corrected chi connectivity index (χ4v) is 4.50. The van der Waals surface area contributed by atoms with E-state index in [4.69, 9.17) is 28.3 Å². The molecule has 0 bridgehead atoms. The monoisotopic (exact) mass is 399 g/mol. The number of nitrogens with one attached hydrogen (secondary N) is 1. The molecule has 1 saturated carbocycles. The molecule has 0 unspecified atom stereocenters. The van der Waals surface area contributed by atoms with Gasteiger partial charge in [-0.1, -0.05) is 29.3 Å². The van der Waals surface area contributed by atoms with Crippen LogP contribution in [0.4, 0.5) is 10.5 Å². The summed E-state index contributed by atoms with van der Waals surface area (Å²) < 4.78 is 0. The number of hydrogen-bond acceptors (Lipinski definition) is 3. The van der Waals surface area contributed by atoms with Gasteiger partial charge in [-0.3, -0.25) is 4.90 Å². The lowest BCUT2D eigenvalue weighted by Crippen LogP contribution is -2.47. The van der Waals surface area contributed by atoms with Crippen molar-refractivity contribution in [1.29, 1.82) is 0 Å². The summed E-state index contributed by atoms with van der Waals surface area (Å²) in [5, 5.41) is 12.7. The van der Waals surface area contributed by atoms with E-state index < -0.39 is 6.09 Å². The molecular formula is C19H27Cl2N3O2. The van der Waals surface area contributed by atoms with Gasteiger partial charge < -0.3 is 15.3 Å². The predicted octanol–water partition coefficient (Wildman–Crippen LogP) is 4.33. The first-order valence-corrected chi connectivity index (χ1v) is 10.2. The maximum atomic E-state index is 10.7. The number of rotatable bonds is 5. The Bertz CT molecular complexity index is 613. The minimum atomic E-state index is -0.897. The molecule has 1 aliphatic carbocycles. The SMILES string of the molecule is O=C(O)N[C@H]1CC[C@H](CCN2CCN(c3cccc(Cl)c3Cl)CC2)CC1. The van der Waals surface area contributed by atoms with Crippen molar-refractivity contribution in [2.45, 2.75) is 38.1 Å². The lowest BCUT2D eigenvalue weighted by atomic mass is 9.84. The van der Waals surface area contributed by atoms with Crippen molar-refractivity contribution in [3.63, 3.8) is 0 Å². The molecule has 1 amide bonds. The van der Waals surface area contributed by atoms with E-state index >= 15 is 0 Å². The molecule has 3 rings (SSSR count). The Morgan fingerprint density at radius 1 is 1.12 bits per heavy atom. The molecule has 144 valence electrons. The van der Waals surface area contributed by atoms with Gasteiger partial charge in [-0.25, -0.2) is 4.79 Å². The Hall–Kier alpha value is -1.17. The van der Waals surface area contributed by atoms with Crippen molar-refractivity contribution in [3.8, 4) is 0 Å². The number of nitrogens with zero attached hydrogens (tertiary/aromatic N) is 2. The molecule has 0 spiro atoms. The van der Waals surface area contributed by atoms with Crippen molar-refractivity contribution in [2.75, 3.05) is 37.6 Å². The Morgan fingerprint density at radius 3 is 2.46 bits per heavy atom. The average molecular weight is 400 g/mol. The molecule has 1 aromatic rings. The molecule has 7 heteroatoms. The molecular weight excluding hydrogens is 373 g/mol. The number of hydrogen-bond donors (Lipinski definition) is 2. The van der Waals surface area contributed by atoms with Crippen molar-refractivity contribution >= 4 is 35.0 Å². The Morgan fingerprint density at radius 2 is 1.81 bits per heavy atom. The average Bonchev–Trinajstić information content (AvgIpc) is 2.63. The van der Waals surface area contributed by atoms with Crippen LogP contribution in [0.2, 0.25) is 10.0 Å². The third-order valence-electron chi connectivity index (χ3n) is 5.67. The number of amides is 1. The highest BCUT2D eigenvalue weighted by Gasteiger charge is 2.24. The van der Waals surface area contributed by atoms with Crippen molar-refractivity contribution in [2.24, 2.45) is 5.92 Å². The molecule has 1 saturated heterocycles. The summed E-state index contributed by atoms with van der Waals surface area (Å²) in [5.41, 5.74) is 1.03. The topological polar surface area (TPSA) is 55.8 Å². The highest BCUT2D eigenvalue weighted by Crippen LogP contribution is 2.33. The first-order chi connectivity index (χ1) is 12.5. The maximum Gasteiger partial charge on any atom is 0.404 e. The number of halogens is 2. The molecule has 5 nitrogen and oxygen atoms in total. The van der Waals surface area contributed by atoms with E-state index in [1.807, 2.05) is 18.2 Å². The second-order valence-electron chi connectivity index (χ2n) is 7.36. The van der Waals surface area contributed by atoms with Crippen LogP contribution >= 0.6 is 23.2 Å². The van der Waals surface area contributed by atoms with Crippen LogP contribution in [0.25, 0.3) is 0 Å². The fourth-order valence-electron chi connectivity index (χ4n) is 4.08. The first kappa shape index (κ1) is 19.6. The van der Waals surface area contributed by atoms with Crippen molar-refractivity contribution < 1.29 is 9.90 Å². The van der Waals surface area contributed by atoms with Crippen molar-refractivity contribution in [1.82, 2.24) is 10.2 Å². The number of anilines is 1. The zero-order valence-corrected chi connectivity index (χ0v) is 16.5. The molecule has 26 heavy (non-hydrogen) atoms. The molecule has 1 heterocycles. The van der Waals surface area contributed by atoms with Crippen LogP contribution in [-0.4, -0.2) is 54.9 Å². The highest BCUT2D eigenvalue weighted by molar-refractivity contribution is 6.43. The van der Waals surface area contributed by atoms with E-state index in [1.54, 1.807) is 0 Å². The third-order valence-corrected chi connectivity index (χ3v) is 6.48. The Labute approximate surface area is 165 Å². The van der Waals surface area contributed by atoms with Crippen LogP contribution < -0.4 is 10.2 Å². The van der Waals surface area contributed by atoms with E-state index in [2.05, 4.69) is 15.1 Å². The summed E-state index contributed by atoms with van der Waals surface area (Å²) in [6.45, 7) is 5.14. The number of carbonyl (C=O) groups is 1. The lowest BCUT2D eigenvalue weighted by molar-refractivity contribution is 0.177. The normalized spacial score (nSPS) is 24.5. The highest BCUT2D eigenvalue weighted by atomic mass is 35.5. The van der Waals surface area contributed by atoms with E-state index in [0.29, 0.717) is 10.0 Å². The predicted molar refractivity (Wildman–Crippen MR) is 107 cm³/mol. The molecule has 2 aliphatic rings. The summed E-state index contributed by atoms with van der Waals surface area (Å²) in [6, 6.07) is 5.96. The van der Waals surface area contributed by atoms with Crippen LogP contribution in [0.15, 0.2) is 18.2 Å². The minimum absolute atomic E-state index is 0.148. The standard InChI is InChI=1S/C19H27Cl2N3O2/c20-16-2-1-3-17(18(16)21)24-12-10-23(11-13-24)9-8-14-4-6-15(7-5-14)22-19(25)26/h1-3,14-15,22H,4-13H2,(H,25,26)/t14-,15-. The first-order valence-electron chi connectivity index (χ1n) is 9.43. The molecule has 2 fully saturated rings. The summed E-state index contributed by atoms with van der Waals surface area (Å²) in [5.74, 6) is 0.724. The van der Waals surface area contributed by atoms with Crippen LogP contribution in [0, 0.1) is 5.92 Å². The third kappa shape index (κ3) is 5.18. The van der Waals surface area contributed by atoms with Crippen molar-refractivity contribution in [3.05, 3.63) is 28.2 Å². The lowest BCUT2D eigenvalue weighted by Gasteiger charge is -2.37. The van der Waals surface area contributed by atoms with Gasteiger partial charge in [0.1, 0.15) is 0 Å². The molecule has 2 N–H and O–H groups in total. The smallest absolute Gasteiger partial charge is 0.404 e. The van der Waals surface area contributed by atoms with Gasteiger partial charge in [-0.15, -0.1) is 0 Å². The van der Waals surface area contributed by atoms with Crippen LogP contribution in [0.3, 0.4) is 0 Å². The Balaban J connectivity index is 1.38.